The van der Waals surface area contributed by atoms with Crippen LogP contribution in [0, 0.1) is 10.1 Å². The number of non-ortho nitro benzene ring substituents is 1. The Bertz CT molecular complexity index is 4000. The standard InChI is InChI=1S/C37H40N2O3.C35H36N2O4/c1-4-6-8-10-13-24(14-11-9-7-5-2)39-36(41)30-19-17-27-25-15-12-16-29-32(38-23(3)40)22-21-26(33(25)29)28-18-20-31(37(39)42)35(30)34(27)28;1-3-5-7-9-12-22(13-10-8-6-4-2)36-34(38)28-18-16-25-23-14-11-15-27-30(37(40)41)21-20-24(31(23)27)26-17-19-29(35(36)39)33(28)32(25)26/h12,15-22,24H,4-11,13-14H2,1-3H3,(H,38,40);11,14-22H,3-10,12-13H2,1-2H3. The molecule has 0 fully saturated rings. The van der Waals surface area contributed by atoms with Crippen LogP contribution in [0.3, 0.4) is 0 Å². The Morgan fingerprint density at radius 1 is 0.398 bits per heavy atom. The maximum absolute atomic E-state index is 14.2. The number of hydrogen-bond acceptors (Lipinski definition) is 7. The van der Waals surface area contributed by atoms with E-state index in [1.54, 1.807) is 28.0 Å². The van der Waals surface area contributed by atoms with Gasteiger partial charge >= 0.3 is 0 Å². The van der Waals surface area contributed by atoms with Crippen LogP contribution in [-0.2, 0) is 4.79 Å². The zero-order valence-corrected chi connectivity index (χ0v) is 48.9. The molecule has 10 aromatic rings. The van der Waals surface area contributed by atoms with E-state index in [4.69, 9.17) is 0 Å². The van der Waals surface area contributed by atoms with Crippen LogP contribution in [0.2, 0.25) is 0 Å². The van der Waals surface area contributed by atoms with Crippen LogP contribution < -0.4 is 5.32 Å². The summed E-state index contributed by atoms with van der Waals surface area (Å²) in [5.74, 6) is -0.819. The summed E-state index contributed by atoms with van der Waals surface area (Å²) in [6.45, 7) is 10.3. The smallest absolute Gasteiger partial charge is 0.277 e. The second-order valence-corrected chi connectivity index (χ2v) is 23.5. The van der Waals surface area contributed by atoms with Gasteiger partial charge < -0.3 is 5.32 Å². The highest BCUT2D eigenvalue weighted by molar-refractivity contribution is 6.40. The van der Waals surface area contributed by atoms with Gasteiger partial charge in [-0.1, -0.05) is 191 Å². The molecular weight excluding hydrogens is 1030 g/mol. The number of amides is 5. The van der Waals surface area contributed by atoms with Crippen molar-refractivity contribution in [3.8, 4) is 0 Å². The fraction of sp³-hybridized carbons (Fsp3) is 0.375. The number of nitrogens with one attached hydrogen (secondary N) is 1. The van der Waals surface area contributed by atoms with Crippen LogP contribution >= 0.6 is 0 Å². The minimum atomic E-state index is -0.342. The number of fused-ring (bicyclic) bond motifs is 4. The van der Waals surface area contributed by atoms with Crippen LogP contribution in [-0.4, -0.2) is 56.3 Å². The van der Waals surface area contributed by atoms with Crippen molar-refractivity contribution < 1.29 is 28.9 Å². The average Bonchev–Trinajstić information content (AvgIpc) is 2.92. The van der Waals surface area contributed by atoms with Crippen molar-refractivity contribution in [2.75, 3.05) is 5.32 Å². The number of nitrogens with zero attached hydrogens (tertiary/aromatic N) is 3. The zero-order chi connectivity index (χ0) is 58.1. The largest absolute Gasteiger partial charge is 0.326 e. The second kappa shape index (κ2) is 24.4. The minimum absolute atomic E-state index is 0.0733. The highest BCUT2D eigenvalue weighted by Gasteiger charge is 2.40. The van der Waals surface area contributed by atoms with Gasteiger partial charge in [0.15, 0.2) is 0 Å². The second-order valence-electron chi connectivity index (χ2n) is 23.5. The van der Waals surface area contributed by atoms with Crippen LogP contribution in [0.5, 0.6) is 0 Å². The maximum Gasteiger partial charge on any atom is 0.277 e. The molecule has 0 spiro atoms. The quantitative estimate of drug-likeness (QED) is 0.0158. The Labute approximate surface area is 485 Å². The Balaban J connectivity index is 0.000000174. The van der Waals surface area contributed by atoms with Crippen molar-refractivity contribution >= 4 is 127 Å². The SMILES string of the molecule is CCCCCCC(CCCCCC)N1C(=O)c2ccc3c4cccc5c(NC(C)=O)ccc(c6ccc(c2c36)C1=O)c54.CCCCCCC(CCCCCC)N1C(=O)c2ccc3c4cccc5c([N+](=O)[O-])ccc(c6ccc(c2c36)C1=O)c54. The molecular formula is C72H76N4O7. The lowest BCUT2D eigenvalue weighted by molar-refractivity contribution is -0.383. The summed E-state index contributed by atoms with van der Waals surface area (Å²) in [5, 5.41) is 29.4. The van der Waals surface area contributed by atoms with Crippen LogP contribution in [0.15, 0.2) is 109 Å². The van der Waals surface area contributed by atoms with E-state index in [1.807, 2.05) is 72.8 Å². The van der Waals surface area contributed by atoms with E-state index in [-0.39, 0.29) is 52.2 Å². The van der Waals surface area contributed by atoms with Crippen molar-refractivity contribution in [2.24, 2.45) is 0 Å². The fourth-order valence-electron chi connectivity index (χ4n) is 14.2. The van der Waals surface area contributed by atoms with Gasteiger partial charge in [-0.25, -0.2) is 0 Å². The number of carbonyl (C=O) groups excluding carboxylic acids is 5. The first-order chi connectivity index (χ1) is 40.4. The predicted molar refractivity (Wildman–Crippen MR) is 340 cm³/mol. The molecule has 2 aliphatic rings. The van der Waals surface area contributed by atoms with E-state index in [0.717, 1.165) is 197 Å². The van der Waals surface area contributed by atoms with Gasteiger partial charge in [-0.05, 0) is 127 Å². The van der Waals surface area contributed by atoms with E-state index in [1.165, 1.54) is 19.8 Å². The number of nitro benzene ring substituents is 1. The lowest BCUT2D eigenvalue weighted by atomic mass is 9.84. The fourth-order valence-corrected chi connectivity index (χ4v) is 14.2. The Morgan fingerprint density at radius 3 is 1.07 bits per heavy atom. The van der Waals surface area contributed by atoms with Gasteiger partial charge in [0.05, 0.1) is 10.3 Å². The molecule has 0 aromatic heterocycles. The van der Waals surface area contributed by atoms with Crippen molar-refractivity contribution in [3.05, 3.63) is 142 Å². The Morgan fingerprint density at radius 2 is 0.711 bits per heavy atom. The predicted octanol–water partition coefficient (Wildman–Crippen LogP) is 19.2. The van der Waals surface area contributed by atoms with E-state index < -0.39 is 0 Å². The van der Waals surface area contributed by atoms with Gasteiger partial charge in [0.25, 0.3) is 29.3 Å². The number of anilines is 1. The highest BCUT2D eigenvalue weighted by atomic mass is 16.6. The summed E-state index contributed by atoms with van der Waals surface area (Å²) in [6, 6.07) is 34.5. The molecule has 2 heterocycles. The monoisotopic (exact) mass is 1110 g/mol. The molecule has 0 unspecified atom stereocenters. The zero-order valence-electron chi connectivity index (χ0n) is 48.9. The van der Waals surface area contributed by atoms with E-state index in [0.29, 0.717) is 33.0 Å². The maximum atomic E-state index is 14.2. The number of benzene rings is 10. The van der Waals surface area contributed by atoms with Crippen molar-refractivity contribution in [2.45, 2.75) is 175 Å². The average molecular weight is 1110 g/mol. The molecule has 0 saturated heterocycles. The first kappa shape index (κ1) is 56.8. The van der Waals surface area contributed by atoms with Crippen LogP contribution in [0.4, 0.5) is 11.4 Å². The highest BCUT2D eigenvalue weighted by Crippen LogP contribution is 2.48. The molecule has 0 bridgehead atoms. The van der Waals surface area contributed by atoms with Crippen LogP contribution in [0.1, 0.15) is 204 Å². The van der Waals surface area contributed by atoms with Gasteiger partial charge in [-0.3, -0.25) is 43.9 Å². The molecule has 10 aromatic carbocycles. The summed E-state index contributed by atoms with van der Waals surface area (Å²) in [4.78, 5) is 83.3. The topological polar surface area (TPSA) is 147 Å². The molecule has 12 rings (SSSR count). The molecule has 11 nitrogen and oxygen atoms in total. The van der Waals surface area contributed by atoms with E-state index in [9.17, 15) is 34.1 Å². The van der Waals surface area contributed by atoms with Crippen molar-refractivity contribution in [1.82, 2.24) is 9.80 Å². The molecule has 11 heteroatoms. The van der Waals surface area contributed by atoms with E-state index in [2.05, 4.69) is 51.2 Å². The van der Waals surface area contributed by atoms with Gasteiger partial charge in [0.1, 0.15) is 0 Å². The number of rotatable bonds is 24. The summed E-state index contributed by atoms with van der Waals surface area (Å²) >= 11 is 0. The van der Waals surface area contributed by atoms with E-state index >= 15 is 0 Å². The number of nitro groups is 1. The number of imide groups is 2. The lowest BCUT2D eigenvalue weighted by Crippen LogP contribution is -2.47. The molecule has 0 radical (unpaired) electrons. The van der Waals surface area contributed by atoms with Crippen molar-refractivity contribution in [3.63, 3.8) is 0 Å². The summed E-state index contributed by atoms with van der Waals surface area (Å²) in [5.41, 5.74) is 3.26. The molecule has 83 heavy (non-hydrogen) atoms. The minimum Gasteiger partial charge on any atom is -0.326 e. The van der Waals surface area contributed by atoms with Crippen LogP contribution in [0.25, 0.3) is 86.2 Å². The lowest BCUT2D eigenvalue weighted by Gasteiger charge is -2.34. The van der Waals surface area contributed by atoms with Gasteiger partial charge in [-0.2, -0.15) is 0 Å². The molecule has 0 atom stereocenters. The summed E-state index contributed by atoms with van der Waals surface area (Å²) in [7, 11) is 0. The molecule has 0 saturated carbocycles. The third-order valence-electron chi connectivity index (χ3n) is 18.1. The third-order valence-corrected chi connectivity index (χ3v) is 18.1. The van der Waals surface area contributed by atoms with Gasteiger partial charge in [0, 0.05) is 74.6 Å². The number of unbranched alkanes of at least 4 members (excludes halogenated alkanes) is 12. The summed E-state index contributed by atoms with van der Waals surface area (Å²) in [6.07, 6.45) is 21.3. The molecule has 426 valence electrons. The first-order valence-electron chi connectivity index (χ1n) is 30.9. The van der Waals surface area contributed by atoms with Crippen molar-refractivity contribution in [1.29, 1.82) is 0 Å². The summed E-state index contributed by atoms with van der Waals surface area (Å²) < 4.78 is 0. The normalized spacial score (nSPS) is 13.5. The number of carbonyl (C=O) groups is 5. The van der Waals surface area contributed by atoms with Gasteiger partial charge in [0.2, 0.25) is 5.91 Å². The number of hydrogen-bond donors (Lipinski definition) is 1. The Kier molecular flexibility index (Phi) is 16.7. The first-order valence-corrected chi connectivity index (χ1v) is 30.9. The molecule has 0 aliphatic carbocycles. The molecule has 2 aliphatic heterocycles. The third kappa shape index (κ3) is 10.2. The molecule has 5 amide bonds. The Hall–Kier alpha value is -8.05. The van der Waals surface area contributed by atoms with Gasteiger partial charge in [-0.15, -0.1) is 0 Å². The molecule has 1 N–H and O–H groups in total.